The zero-order valence-corrected chi connectivity index (χ0v) is 11.0. The first-order valence-corrected chi connectivity index (χ1v) is 6.85. The zero-order chi connectivity index (χ0) is 13.4. The number of hydrogen-bond donors (Lipinski definition) is 0. The number of ketones is 1. The molecule has 100 valence electrons. The molecule has 4 heteroatoms. The maximum absolute atomic E-state index is 12.1. The number of benzene rings is 1. The van der Waals surface area contributed by atoms with Crippen LogP contribution >= 0.6 is 0 Å². The van der Waals surface area contributed by atoms with Gasteiger partial charge in [0.2, 0.25) is 0 Å². The van der Waals surface area contributed by atoms with Crippen LogP contribution in [0, 0.1) is 5.92 Å². The van der Waals surface area contributed by atoms with Crippen molar-refractivity contribution in [1.29, 1.82) is 0 Å². The lowest BCUT2D eigenvalue weighted by Gasteiger charge is -2.24. The first kappa shape index (κ1) is 12.2. The molecule has 0 radical (unpaired) electrons. The Labute approximate surface area is 111 Å². The first-order valence-electron chi connectivity index (χ1n) is 6.85. The summed E-state index contributed by atoms with van der Waals surface area (Å²) >= 11 is 0. The highest BCUT2D eigenvalue weighted by molar-refractivity contribution is 5.98. The molecule has 0 amide bonds. The van der Waals surface area contributed by atoms with Gasteiger partial charge in [-0.3, -0.25) is 9.36 Å². The van der Waals surface area contributed by atoms with Crippen molar-refractivity contribution in [2.24, 2.45) is 5.92 Å². The molecule has 0 spiro atoms. The van der Waals surface area contributed by atoms with Gasteiger partial charge in [-0.2, -0.15) is 0 Å². The van der Waals surface area contributed by atoms with Gasteiger partial charge >= 0.3 is 5.76 Å². The topological polar surface area (TPSA) is 52.2 Å². The van der Waals surface area contributed by atoms with Gasteiger partial charge in [-0.15, -0.1) is 0 Å². The number of Topliss-reactive ketones (excluding diaryl/α,β-unsaturated/α-hetero) is 1. The van der Waals surface area contributed by atoms with Crippen LogP contribution in [0.5, 0.6) is 0 Å². The highest BCUT2D eigenvalue weighted by atomic mass is 16.4. The molecule has 1 saturated carbocycles. The third-order valence-corrected chi connectivity index (χ3v) is 4.01. The lowest BCUT2D eigenvalue weighted by molar-refractivity contribution is 0.0936. The van der Waals surface area contributed by atoms with Crippen molar-refractivity contribution >= 4 is 16.9 Å². The van der Waals surface area contributed by atoms with Crippen LogP contribution in [0.1, 0.15) is 43.0 Å². The van der Waals surface area contributed by atoms with Gasteiger partial charge in [-0.05, 0) is 31.0 Å². The Morgan fingerprint density at radius 1 is 1.42 bits per heavy atom. The number of hydrogen-bond acceptors (Lipinski definition) is 3. The Kier molecular flexibility index (Phi) is 3.01. The minimum absolute atomic E-state index is 0.151. The molecule has 3 rings (SSSR count). The van der Waals surface area contributed by atoms with E-state index in [1.807, 2.05) is 6.92 Å². The number of aryl methyl sites for hydroxylation is 1. The molecule has 19 heavy (non-hydrogen) atoms. The largest absolute Gasteiger partial charge is 0.419 e. The Morgan fingerprint density at radius 2 is 2.21 bits per heavy atom. The molecule has 0 unspecified atom stereocenters. The Balaban J connectivity index is 1.92. The second kappa shape index (κ2) is 4.68. The molecule has 1 aromatic carbocycles. The Hall–Kier alpha value is -1.84. The average molecular weight is 259 g/mol. The van der Waals surface area contributed by atoms with E-state index in [0.29, 0.717) is 30.0 Å². The predicted octanol–water partition coefficient (Wildman–Crippen LogP) is 2.99. The maximum atomic E-state index is 12.1. The third kappa shape index (κ3) is 2.11. The third-order valence-electron chi connectivity index (χ3n) is 4.01. The second-order valence-electron chi connectivity index (χ2n) is 5.22. The van der Waals surface area contributed by atoms with Gasteiger partial charge in [0.25, 0.3) is 0 Å². The number of oxazole rings is 1. The molecule has 1 aliphatic rings. The van der Waals surface area contributed by atoms with E-state index in [2.05, 4.69) is 0 Å². The van der Waals surface area contributed by atoms with Gasteiger partial charge in [-0.25, -0.2) is 4.79 Å². The summed E-state index contributed by atoms with van der Waals surface area (Å²) in [6.07, 6.45) is 4.18. The van der Waals surface area contributed by atoms with Crippen molar-refractivity contribution in [2.45, 2.75) is 39.2 Å². The first-order chi connectivity index (χ1) is 9.19. The van der Waals surface area contributed by atoms with Gasteiger partial charge in [0, 0.05) is 18.5 Å². The molecule has 0 saturated heterocycles. The molecule has 1 heterocycles. The molecule has 0 bridgehead atoms. The lowest BCUT2D eigenvalue weighted by Crippen LogP contribution is -2.15. The molecule has 1 fully saturated rings. The summed E-state index contributed by atoms with van der Waals surface area (Å²) in [6.45, 7) is 2.47. The molecule has 4 nitrogen and oxygen atoms in total. The van der Waals surface area contributed by atoms with E-state index >= 15 is 0 Å². The summed E-state index contributed by atoms with van der Waals surface area (Å²) < 4.78 is 6.75. The van der Waals surface area contributed by atoms with E-state index in [-0.39, 0.29) is 11.5 Å². The number of carbonyl (C=O) groups is 1. The Morgan fingerprint density at radius 3 is 2.84 bits per heavy atom. The standard InChI is InChI=1S/C15H17NO3/c1-2-16-12-7-6-11(9-14(12)19-15(16)18)13(17)8-10-4-3-5-10/h6-7,9-10H,2-5,8H2,1H3. The van der Waals surface area contributed by atoms with Crippen molar-refractivity contribution in [3.63, 3.8) is 0 Å². The maximum Gasteiger partial charge on any atom is 0.419 e. The number of aromatic nitrogens is 1. The molecule has 1 aromatic heterocycles. The Bertz CT molecular complexity index is 676. The van der Waals surface area contributed by atoms with Crippen LogP contribution in [0.4, 0.5) is 0 Å². The van der Waals surface area contributed by atoms with E-state index in [9.17, 15) is 9.59 Å². The minimum Gasteiger partial charge on any atom is -0.408 e. The number of nitrogens with zero attached hydrogens (tertiary/aromatic N) is 1. The molecular formula is C15H17NO3. The van der Waals surface area contributed by atoms with Crippen molar-refractivity contribution in [3.8, 4) is 0 Å². The van der Waals surface area contributed by atoms with E-state index in [1.54, 1.807) is 22.8 Å². The summed E-state index contributed by atoms with van der Waals surface area (Å²) in [7, 11) is 0. The van der Waals surface area contributed by atoms with E-state index in [4.69, 9.17) is 4.42 Å². The van der Waals surface area contributed by atoms with Crippen LogP contribution in [-0.2, 0) is 6.54 Å². The number of rotatable bonds is 4. The smallest absolute Gasteiger partial charge is 0.408 e. The quantitative estimate of drug-likeness (QED) is 0.793. The average Bonchev–Trinajstić information content (AvgIpc) is 2.67. The lowest BCUT2D eigenvalue weighted by atomic mass is 9.81. The summed E-state index contributed by atoms with van der Waals surface area (Å²) in [5.74, 6) is 0.343. The highest BCUT2D eigenvalue weighted by Crippen LogP contribution is 2.30. The van der Waals surface area contributed by atoms with E-state index < -0.39 is 0 Å². The van der Waals surface area contributed by atoms with E-state index in [0.717, 1.165) is 18.4 Å². The van der Waals surface area contributed by atoms with Crippen LogP contribution < -0.4 is 5.76 Å². The molecule has 0 atom stereocenters. The fourth-order valence-corrected chi connectivity index (χ4v) is 2.62. The van der Waals surface area contributed by atoms with Crippen LogP contribution in [0.25, 0.3) is 11.1 Å². The molecule has 1 aliphatic carbocycles. The van der Waals surface area contributed by atoms with Gasteiger partial charge in [0.1, 0.15) is 0 Å². The molecule has 0 aliphatic heterocycles. The van der Waals surface area contributed by atoms with Gasteiger partial charge in [-0.1, -0.05) is 19.3 Å². The normalized spacial score (nSPS) is 15.6. The number of fused-ring (bicyclic) bond motifs is 1. The van der Waals surface area contributed by atoms with E-state index in [1.165, 1.54) is 6.42 Å². The zero-order valence-electron chi connectivity index (χ0n) is 11.0. The van der Waals surface area contributed by atoms with Gasteiger partial charge in [0.15, 0.2) is 11.4 Å². The van der Waals surface area contributed by atoms with Crippen LogP contribution in [0.2, 0.25) is 0 Å². The van der Waals surface area contributed by atoms with Crippen LogP contribution in [0.3, 0.4) is 0 Å². The summed E-state index contributed by atoms with van der Waals surface area (Å²) in [4.78, 5) is 23.7. The van der Waals surface area contributed by atoms with Crippen molar-refractivity contribution in [1.82, 2.24) is 4.57 Å². The second-order valence-corrected chi connectivity index (χ2v) is 5.22. The van der Waals surface area contributed by atoms with Crippen LogP contribution in [0.15, 0.2) is 27.4 Å². The summed E-state index contributed by atoms with van der Waals surface area (Å²) in [6, 6.07) is 5.30. The van der Waals surface area contributed by atoms with Gasteiger partial charge < -0.3 is 4.42 Å². The molecule has 0 N–H and O–H groups in total. The van der Waals surface area contributed by atoms with Crippen LogP contribution in [-0.4, -0.2) is 10.4 Å². The molecular weight excluding hydrogens is 242 g/mol. The fraction of sp³-hybridized carbons (Fsp3) is 0.467. The van der Waals surface area contributed by atoms with Crippen molar-refractivity contribution in [3.05, 3.63) is 34.3 Å². The van der Waals surface area contributed by atoms with Crippen molar-refractivity contribution < 1.29 is 9.21 Å². The summed E-state index contributed by atoms with van der Waals surface area (Å²) in [5.41, 5.74) is 1.91. The fourth-order valence-electron chi connectivity index (χ4n) is 2.62. The van der Waals surface area contributed by atoms with Crippen molar-refractivity contribution in [2.75, 3.05) is 0 Å². The molecule has 2 aromatic rings. The SMILES string of the molecule is CCn1c(=O)oc2cc(C(=O)CC3CCC3)ccc21. The minimum atomic E-state index is -0.360. The number of carbonyl (C=O) groups excluding carboxylic acids is 1. The monoisotopic (exact) mass is 259 g/mol. The highest BCUT2D eigenvalue weighted by Gasteiger charge is 2.22. The summed E-state index contributed by atoms with van der Waals surface area (Å²) in [5, 5.41) is 0. The predicted molar refractivity (Wildman–Crippen MR) is 72.4 cm³/mol. The van der Waals surface area contributed by atoms with Gasteiger partial charge in [0.05, 0.1) is 5.52 Å².